The highest BCUT2D eigenvalue weighted by atomic mass is 16.6. The molecule has 0 fully saturated rings. The summed E-state index contributed by atoms with van der Waals surface area (Å²) in [7, 11) is 0. The lowest BCUT2D eigenvalue weighted by Crippen LogP contribution is -2.15. The van der Waals surface area contributed by atoms with Gasteiger partial charge in [-0.2, -0.15) is 0 Å². The zero-order chi connectivity index (χ0) is 10.3. The van der Waals surface area contributed by atoms with Gasteiger partial charge in [0, 0.05) is 12.4 Å². The molecule has 0 bridgehead atoms. The molecule has 0 radical (unpaired) electrons. The van der Waals surface area contributed by atoms with Gasteiger partial charge in [-0.25, -0.2) is 0 Å². The van der Waals surface area contributed by atoms with Gasteiger partial charge in [0.15, 0.2) is 0 Å². The number of benzene rings is 1. The molecule has 3 heteroatoms. The maximum absolute atomic E-state index is 5.37. The predicted octanol–water partition coefficient (Wildman–Crippen LogP) is 2.41. The van der Waals surface area contributed by atoms with Crippen molar-refractivity contribution in [3.8, 4) is 0 Å². The predicted molar refractivity (Wildman–Crippen MR) is 60.2 cm³/mol. The van der Waals surface area contributed by atoms with Crippen LogP contribution in [0.4, 0.5) is 0 Å². The van der Waals surface area contributed by atoms with E-state index in [4.69, 9.17) is 4.84 Å². The van der Waals surface area contributed by atoms with Crippen LogP contribution < -0.4 is 5.48 Å². The van der Waals surface area contributed by atoms with E-state index in [0.29, 0.717) is 6.61 Å². The summed E-state index contributed by atoms with van der Waals surface area (Å²) in [5, 5.41) is 0. The highest BCUT2D eigenvalue weighted by Crippen LogP contribution is 2.06. The molecular formula is C12H14N2O. The number of nitrogens with one attached hydrogen (secondary N) is 1. The lowest BCUT2D eigenvalue weighted by atomic mass is 10.2. The lowest BCUT2D eigenvalue weighted by Gasteiger charge is -2.11. The Morgan fingerprint density at radius 2 is 2.13 bits per heavy atom. The van der Waals surface area contributed by atoms with Crippen molar-refractivity contribution in [1.82, 2.24) is 5.48 Å². The largest absolute Gasteiger partial charge is 0.272 e. The van der Waals surface area contributed by atoms with Gasteiger partial charge in [-0.3, -0.25) is 15.3 Å². The summed E-state index contributed by atoms with van der Waals surface area (Å²) < 4.78 is 0. The number of hydroxylamine groups is 1. The van der Waals surface area contributed by atoms with Gasteiger partial charge in [0.1, 0.15) is 0 Å². The minimum atomic E-state index is 0.571. The second-order valence-corrected chi connectivity index (χ2v) is 3.40. The van der Waals surface area contributed by atoms with Crippen molar-refractivity contribution in [1.29, 1.82) is 0 Å². The third-order valence-electron chi connectivity index (χ3n) is 2.16. The molecule has 15 heavy (non-hydrogen) atoms. The topological polar surface area (TPSA) is 33.6 Å². The fourth-order valence-corrected chi connectivity index (χ4v) is 1.37. The van der Waals surface area contributed by atoms with Crippen LogP contribution in [0.3, 0.4) is 0 Å². The fourth-order valence-electron chi connectivity index (χ4n) is 1.37. The van der Waals surface area contributed by atoms with E-state index >= 15 is 0 Å². The molecule has 0 spiro atoms. The van der Waals surface area contributed by atoms with E-state index in [-0.39, 0.29) is 0 Å². The molecule has 1 aromatic carbocycles. The van der Waals surface area contributed by atoms with Crippen LogP contribution in [0.5, 0.6) is 0 Å². The zero-order valence-corrected chi connectivity index (χ0v) is 8.52. The first-order valence-corrected chi connectivity index (χ1v) is 5.07. The molecule has 0 atom stereocenters. The van der Waals surface area contributed by atoms with Crippen LogP contribution in [0.15, 0.2) is 47.2 Å². The van der Waals surface area contributed by atoms with Gasteiger partial charge in [0.05, 0.1) is 12.3 Å². The molecule has 0 aliphatic carbocycles. The van der Waals surface area contributed by atoms with Crippen molar-refractivity contribution >= 4 is 6.21 Å². The standard InChI is InChI=1S/C12H14N2O/c1-2-5-11(6-3-1)10-15-14-12-7-4-8-13-9-12/h1-3,5-6,8-9,14H,4,7,10H2. The summed E-state index contributed by atoms with van der Waals surface area (Å²) >= 11 is 0. The first-order valence-electron chi connectivity index (χ1n) is 5.07. The second-order valence-electron chi connectivity index (χ2n) is 3.40. The van der Waals surface area contributed by atoms with Crippen molar-refractivity contribution in [2.75, 3.05) is 0 Å². The van der Waals surface area contributed by atoms with Gasteiger partial charge < -0.3 is 0 Å². The average molecular weight is 202 g/mol. The van der Waals surface area contributed by atoms with E-state index in [1.54, 1.807) is 6.20 Å². The Bertz CT molecular complexity index is 357. The van der Waals surface area contributed by atoms with E-state index in [9.17, 15) is 0 Å². The molecule has 1 aromatic rings. The summed E-state index contributed by atoms with van der Waals surface area (Å²) in [5.74, 6) is 0. The third-order valence-corrected chi connectivity index (χ3v) is 2.16. The van der Waals surface area contributed by atoms with E-state index in [0.717, 1.165) is 24.1 Å². The van der Waals surface area contributed by atoms with Crippen LogP contribution in [0.1, 0.15) is 18.4 Å². The Hall–Kier alpha value is -1.61. The Labute approximate surface area is 89.4 Å². The normalized spacial score (nSPS) is 14.8. The average Bonchev–Trinajstić information content (AvgIpc) is 2.32. The number of hydrogen-bond donors (Lipinski definition) is 1. The van der Waals surface area contributed by atoms with Crippen LogP contribution in [0, 0.1) is 0 Å². The highest BCUT2D eigenvalue weighted by molar-refractivity contribution is 5.59. The van der Waals surface area contributed by atoms with Crippen molar-refractivity contribution in [3.05, 3.63) is 47.8 Å². The van der Waals surface area contributed by atoms with Crippen molar-refractivity contribution in [2.24, 2.45) is 4.99 Å². The Morgan fingerprint density at radius 3 is 2.87 bits per heavy atom. The van der Waals surface area contributed by atoms with Gasteiger partial charge in [-0.15, -0.1) is 0 Å². The minimum Gasteiger partial charge on any atom is -0.272 e. The molecule has 2 rings (SSSR count). The van der Waals surface area contributed by atoms with Gasteiger partial charge in [-0.05, 0) is 18.4 Å². The molecule has 0 saturated carbocycles. The first-order chi connectivity index (χ1) is 7.45. The van der Waals surface area contributed by atoms with E-state index in [1.165, 1.54) is 0 Å². The van der Waals surface area contributed by atoms with Gasteiger partial charge in [0.25, 0.3) is 0 Å². The molecule has 0 aromatic heterocycles. The van der Waals surface area contributed by atoms with Crippen LogP contribution in [-0.2, 0) is 11.4 Å². The zero-order valence-electron chi connectivity index (χ0n) is 8.52. The van der Waals surface area contributed by atoms with E-state index < -0.39 is 0 Å². The Kier molecular flexibility index (Phi) is 3.52. The van der Waals surface area contributed by atoms with Crippen LogP contribution in [0.2, 0.25) is 0 Å². The van der Waals surface area contributed by atoms with Crippen molar-refractivity contribution < 1.29 is 4.84 Å². The number of allylic oxidation sites excluding steroid dienone is 1. The number of rotatable bonds is 4. The summed E-state index contributed by atoms with van der Waals surface area (Å²) in [5.41, 5.74) is 5.11. The van der Waals surface area contributed by atoms with Crippen LogP contribution in [-0.4, -0.2) is 6.21 Å². The summed E-state index contributed by atoms with van der Waals surface area (Å²) in [6, 6.07) is 10.1. The summed E-state index contributed by atoms with van der Waals surface area (Å²) in [6.45, 7) is 0.571. The van der Waals surface area contributed by atoms with Gasteiger partial charge in [-0.1, -0.05) is 30.3 Å². The van der Waals surface area contributed by atoms with Crippen LogP contribution in [0.25, 0.3) is 0 Å². The molecule has 1 N–H and O–H groups in total. The molecule has 1 aliphatic rings. The van der Waals surface area contributed by atoms with Crippen molar-refractivity contribution in [2.45, 2.75) is 19.4 Å². The number of nitrogens with zero attached hydrogens (tertiary/aromatic N) is 1. The van der Waals surface area contributed by atoms with E-state index in [2.05, 4.69) is 10.5 Å². The quantitative estimate of drug-likeness (QED) is 0.761. The maximum Gasteiger partial charge on any atom is 0.0996 e. The molecule has 78 valence electrons. The monoisotopic (exact) mass is 202 g/mol. The fraction of sp³-hybridized carbons (Fsp3) is 0.250. The molecule has 3 nitrogen and oxygen atoms in total. The summed E-state index contributed by atoms with van der Waals surface area (Å²) in [6.07, 6.45) is 5.66. The van der Waals surface area contributed by atoms with Gasteiger partial charge >= 0.3 is 0 Å². The molecular weight excluding hydrogens is 188 g/mol. The Balaban J connectivity index is 1.75. The number of hydrogen-bond acceptors (Lipinski definition) is 3. The third kappa shape index (κ3) is 3.22. The maximum atomic E-state index is 5.37. The molecule has 1 aliphatic heterocycles. The minimum absolute atomic E-state index is 0.571. The molecule has 0 unspecified atom stereocenters. The molecule has 0 saturated heterocycles. The van der Waals surface area contributed by atoms with E-state index in [1.807, 2.05) is 36.5 Å². The smallest absolute Gasteiger partial charge is 0.0996 e. The van der Waals surface area contributed by atoms with Gasteiger partial charge in [0.2, 0.25) is 0 Å². The molecule has 0 amide bonds. The SMILES string of the molecule is C1=NC=C(NOCc2ccccc2)CC1. The molecule has 1 heterocycles. The lowest BCUT2D eigenvalue weighted by molar-refractivity contribution is 0.0468. The van der Waals surface area contributed by atoms with Crippen LogP contribution >= 0.6 is 0 Å². The summed E-state index contributed by atoms with van der Waals surface area (Å²) in [4.78, 5) is 9.42. The number of aliphatic imine (C=N–C) groups is 1. The highest BCUT2D eigenvalue weighted by Gasteiger charge is 1.99. The Morgan fingerprint density at radius 1 is 1.27 bits per heavy atom. The van der Waals surface area contributed by atoms with Crippen molar-refractivity contribution in [3.63, 3.8) is 0 Å². The first kappa shape index (κ1) is 9.93. The second kappa shape index (κ2) is 5.32.